The lowest BCUT2D eigenvalue weighted by Gasteiger charge is -2.09. The van der Waals surface area contributed by atoms with Gasteiger partial charge in [-0.3, -0.25) is 4.79 Å². The molecule has 0 aromatic carbocycles. The Labute approximate surface area is 89.6 Å². The van der Waals surface area contributed by atoms with Crippen LogP contribution in [0.15, 0.2) is 18.3 Å². The summed E-state index contributed by atoms with van der Waals surface area (Å²) in [4.78, 5) is 13.6. The number of hydrogen-bond acceptors (Lipinski definition) is 3. The number of alkyl halides is 3. The predicted octanol–water partition coefficient (Wildman–Crippen LogP) is 2.32. The Hall–Kier alpha value is -1.85. The SMILES string of the molecule is COc1ncc(C(F)(F)F)cc1C=CC=O. The summed E-state index contributed by atoms with van der Waals surface area (Å²) >= 11 is 0. The summed E-state index contributed by atoms with van der Waals surface area (Å²) in [5, 5.41) is 0. The highest BCUT2D eigenvalue weighted by Gasteiger charge is 2.31. The maximum Gasteiger partial charge on any atom is 0.417 e. The van der Waals surface area contributed by atoms with Crippen LogP contribution in [-0.4, -0.2) is 18.4 Å². The fourth-order valence-corrected chi connectivity index (χ4v) is 1.06. The highest BCUT2D eigenvalue weighted by Crippen LogP contribution is 2.31. The van der Waals surface area contributed by atoms with Gasteiger partial charge in [-0.1, -0.05) is 0 Å². The second-order valence-corrected chi connectivity index (χ2v) is 2.82. The first kappa shape index (κ1) is 12.2. The molecule has 0 saturated heterocycles. The van der Waals surface area contributed by atoms with E-state index in [2.05, 4.69) is 4.98 Å². The number of hydrogen-bond donors (Lipinski definition) is 0. The van der Waals surface area contributed by atoms with Crippen molar-refractivity contribution in [3.63, 3.8) is 0 Å². The number of pyridine rings is 1. The smallest absolute Gasteiger partial charge is 0.417 e. The van der Waals surface area contributed by atoms with E-state index >= 15 is 0 Å². The molecule has 0 N–H and O–H groups in total. The maximum absolute atomic E-state index is 12.4. The largest absolute Gasteiger partial charge is 0.481 e. The number of carbonyl (C=O) groups excluding carboxylic acids is 1. The third-order valence-electron chi connectivity index (χ3n) is 1.75. The molecule has 86 valence electrons. The Morgan fingerprint density at radius 3 is 2.62 bits per heavy atom. The number of allylic oxidation sites excluding steroid dienone is 1. The lowest BCUT2D eigenvalue weighted by atomic mass is 10.2. The molecule has 0 fully saturated rings. The van der Waals surface area contributed by atoms with Gasteiger partial charge in [0.2, 0.25) is 5.88 Å². The van der Waals surface area contributed by atoms with Crippen molar-refractivity contribution in [3.8, 4) is 5.88 Å². The van der Waals surface area contributed by atoms with Gasteiger partial charge >= 0.3 is 6.18 Å². The van der Waals surface area contributed by atoms with Crippen molar-refractivity contribution >= 4 is 12.4 Å². The van der Waals surface area contributed by atoms with Crippen molar-refractivity contribution in [3.05, 3.63) is 29.5 Å². The van der Waals surface area contributed by atoms with Crippen LogP contribution in [0.5, 0.6) is 5.88 Å². The molecule has 1 aromatic heterocycles. The number of halogens is 3. The lowest BCUT2D eigenvalue weighted by molar-refractivity contribution is -0.137. The van der Waals surface area contributed by atoms with Crippen molar-refractivity contribution in [2.45, 2.75) is 6.18 Å². The zero-order valence-electron chi connectivity index (χ0n) is 8.28. The van der Waals surface area contributed by atoms with Gasteiger partial charge in [0, 0.05) is 11.8 Å². The number of aromatic nitrogens is 1. The molecule has 1 rings (SSSR count). The number of aldehydes is 1. The van der Waals surface area contributed by atoms with Crippen molar-refractivity contribution in [2.75, 3.05) is 7.11 Å². The third-order valence-corrected chi connectivity index (χ3v) is 1.75. The van der Waals surface area contributed by atoms with Crippen molar-refractivity contribution in [1.82, 2.24) is 4.98 Å². The topological polar surface area (TPSA) is 39.2 Å². The summed E-state index contributed by atoms with van der Waals surface area (Å²) in [6.45, 7) is 0. The molecule has 16 heavy (non-hydrogen) atoms. The average Bonchev–Trinajstić information content (AvgIpc) is 2.24. The Morgan fingerprint density at radius 2 is 2.12 bits per heavy atom. The molecule has 1 aromatic rings. The van der Waals surface area contributed by atoms with Crippen LogP contribution < -0.4 is 4.74 Å². The minimum atomic E-state index is -4.47. The van der Waals surface area contributed by atoms with Gasteiger partial charge in [-0.05, 0) is 18.2 Å². The summed E-state index contributed by atoms with van der Waals surface area (Å²) in [5.41, 5.74) is -0.789. The van der Waals surface area contributed by atoms with E-state index in [1.807, 2.05) is 0 Å². The van der Waals surface area contributed by atoms with Crippen molar-refractivity contribution in [1.29, 1.82) is 0 Å². The highest BCUT2D eigenvalue weighted by atomic mass is 19.4. The van der Waals surface area contributed by atoms with Crippen molar-refractivity contribution < 1.29 is 22.7 Å². The van der Waals surface area contributed by atoms with E-state index in [1.54, 1.807) is 0 Å². The number of methoxy groups -OCH3 is 1. The molecular formula is C10H8F3NO2. The fraction of sp³-hybridized carbons (Fsp3) is 0.200. The first-order chi connectivity index (χ1) is 7.49. The monoisotopic (exact) mass is 231 g/mol. The van der Waals surface area contributed by atoms with Gasteiger partial charge in [0.1, 0.15) is 6.29 Å². The van der Waals surface area contributed by atoms with Crippen LogP contribution in [0.1, 0.15) is 11.1 Å². The van der Waals surface area contributed by atoms with Crippen LogP contribution >= 0.6 is 0 Å². The molecule has 0 bridgehead atoms. The number of rotatable bonds is 3. The molecule has 0 unspecified atom stereocenters. The van der Waals surface area contributed by atoms with E-state index < -0.39 is 11.7 Å². The Balaban J connectivity index is 3.21. The molecule has 0 amide bonds. The summed E-state index contributed by atoms with van der Waals surface area (Å²) in [6.07, 6.45) is -1.06. The minimum Gasteiger partial charge on any atom is -0.481 e. The van der Waals surface area contributed by atoms with E-state index in [1.165, 1.54) is 13.2 Å². The molecule has 0 saturated carbocycles. The first-order valence-corrected chi connectivity index (χ1v) is 4.22. The number of nitrogens with zero attached hydrogens (tertiary/aromatic N) is 1. The quantitative estimate of drug-likeness (QED) is 0.592. The molecular weight excluding hydrogens is 223 g/mol. The summed E-state index contributed by atoms with van der Waals surface area (Å²) in [6, 6.07) is 0.867. The van der Waals surface area contributed by atoms with E-state index in [0.717, 1.165) is 12.1 Å². The average molecular weight is 231 g/mol. The van der Waals surface area contributed by atoms with Gasteiger partial charge in [0.15, 0.2) is 0 Å². The molecule has 0 spiro atoms. The molecule has 0 aliphatic heterocycles. The highest BCUT2D eigenvalue weighted by molar-refractivity contribution is 5.75. The third kappa shape index (κ3) is 2.82. The van der Waals surface area contributed by atoms with Crippen LogP contribution in [0.4, 0.5) is 13.2 Å². The van der Waals surface area contributed by atoms with E-state index in [4.69, 9.17) is 4.74 Å². The molecule has 0 aliphatic carbocycles. The molecule has 0 aliphatic rings. The summed E-state index contributed by atoms with van der Waals surface area (Å²) < 4.78 is 41.8. The summed E-state index contributed by atoms with van der Waals surface area (Å²) in [7, 11) is 1.29. The van der Waals surface area contributed by atoms with Crippen LogP contribution in [0.2, 0.25) is 0 Å². The van der Waals surface area contributed by atoms with Gasteiger partial charge < -0.3 is 4.74 Å². The van der Waals surface area contributed by atoms with Gasteiger partial charge in [-0.25, -0.2) is 4.98 Å². The second-order valence-electron chi connectivity index (χ2n) is 2.82. The van der Waals surface area contributed by atoms with Gasteiger partial charge in [0.25, 0.3) is 0 Å². The van der Waals surface area contributed by atoms with Crippen LogP contribution in [0.3, 0.4) is 0 Å². The predicted molar refractivity (Wildman–Crippen MR) is 50.9 cm³/mol. The number of carbonyl (C=O) groups is 1. The zero-order chi connectivity index (χ0) is 12.2. The molecule has 3 nitrogen and oxygen atoms in total. The van der Waals surface area contributed by atoms with Gasteiger partial charge in [-0.15, -0.1) is 0 Å². The van der Waals surface area contributed by atoms with E-state index in [-0.39, 0.29) is 11.4 Å². The van der Waals surface area contributed by atoms with Gasteiger partial charge in [0.05, 0.1) is 12.7 Å². The van der Waals surface area contributed by atoms with Crippen LogP contribution in [0, 0.1) is 0 Å². The minimum absolute atomic E-state index is 0.0334. The Morgan fingerprint density at radius 1 is 1.44 bits per heavy atom. The lowest BCUT2D eigenvalue weighted by Crippen LogP contribution is -2.06. The van der Waals surface area contributed by atoms with Crippen LogP contribution in [-0.2, 0) is 11.0 Å². The van der Waals surface area contributed by atoms with E-state index in [9.17, 15) is 18.0 Å². The summed E-state index contributed by atoms with van der Waals surface area (Å²) in [5.74, 6) is 0.0334. The zero-order valence-corrected chi connectivity index (χ0v) is 8.28. The standard InChI is InChI=1S/C10H8F3NO2/c1-16-9-7(3-2-4-15)5-8(6-14-9)10(11,12)13/h2-6H,1H3. The fourth-order valence-electron chi connectivity index (χ4n) is 1.06. The molecule has 6 heteroatoms. The number of ether oxygens (including phenoxy) is 1. The Bertz CT molecular complexity index is 413. The second kappa shape index (κ2) is 4.78. The Kier molecular flexibility index (Phi) is 3.65. The van der Waals surface area contributed by atoms with Crippen molar-refractivity contribution in [2.24, 2.45) is 0 Å². The van der Waals surface area contributed by atoms with E-state index in [0.29, 0.717) is 12.5 Å². The first-order valence-electron chi connectivity index (χ1n) is 4.22. The molecule has 0 radical (unpaired) electrons. The molecule has 0 atom stereocenters. The van der Waals surface area contributed by atoms with Gasteiger partial charge in [-0.2, -0.15) is 13.2 Å². The van der Waals surface area contributed by atoms with Crippen LogP contribution in [0.25, 0.3) is 6.08 Å². The normalized spacial score (nSPS) is 11.8. The molecule has 1 heterocycles. The maximum atomic E-state index is 12.4.